The normalized spacial score (nSPS) is 16.9. The fourth-order valence-corrected chi connectivity index (χ4v) is 3.94. The summed E-state index contributed by atoms with van der Waals surface area (Å²) >= 11 is 0. The van der Waals surface area contributed by atoms with Crippen LogP contribution < -0.4 is 0 Å². The summed E-state index contributed by atoms with van der Waals surface area (Å²) in [7, 11) is 3.42. The van der Waals surface area contributed by atoms with Gasteiger partial charge in [-0.2, -0.15) is 0 Å². The van der Waals surface area contributed by atoms with E-state index in [0.717, 1.165) is 25.2 Å². The largest absolute Gasteiger partial charge is 0.469 e. The molecular weight excluding hydrogens is 392 g/mol. The van der Waals surface area contributed by atoms with Crippen molar-refractivity contribution in [3.63, 3.8) is 0 Å². The minimum absolute atomic E-state index is 0.222. The number of carbonyl (C=O) groups excluding carboxylic acids is 2. The van der Waals surface area contributed by atoms with E-state index >= 15 is 0 Å². The SMILES string of the molecule is CCCC1=C(C(=O)OCC(C)(C)CN(C)Cc2ccccc2)CC(C(=O)OC)C(C)=N1. The van der Waals surface area contributed by atoms with Gasteiger partial charge in [0.15, 0.2) is 0 Å². The van der Waals surface area contributed by atoms with E-state index in [0.29, 0.717) is 24.3 Å². The fourth-order valence-electron chi connectivity index (χ4n) is 3.94. The van der Waals surface area contributed by atoms with E-state index in [4.69, 9.17) is 9.47 Å². The average molecular weight is 429 g/mol. The number of benzene rings is 1. The van der Waals surface area contributed by atoms with Crippen molar-refractivity contribution in [3.8, 4) is 0 Å². The number of hydrogen-bond acceptors (Lipinski definition) is 6. The lowest BCUT2D eigenvalue weighted by Gasteiger charge is -2.30. The molecule has 0 radical (unpaired) electrons. The molecule has 0 aromatic heterocycles. The lowest BCUT2D eigenvalue weighted by atomic mass is 9.90. The van der Waals surface area contributed by atoms with Gasteiger partial charge in [0.25, 0.3) is 0 Å². The van der Waals surface area contributed by atoms with Crippen LogP contribution in [0.5, 0.6) is 0 Å². The molecule has 1 unspecified atom stereocenters. The van der Waals surface area contributed by atoms with Crippen LogP contribution >= 0.6 is 0 Å². The Balaban J connectivity index is 2.02. The summed E-state index contributed by atoms with van der Waals surface area (Å²) in [6.45, 7) is 9.92. The molecule has 0 aliphatic carbocycles. The van der Waals surface area contributed by atoms with Crippen molar-refractivity contribution in [3.05, 3.63) is 47.2 Å². The van der Waals surface area contributed by atoms with Gasteiger partial charge < -0.3 is 14.4 Å². The highest BCUT2D eigenvalue weighted by Gasteiger charge is 2.33. The topological polar surface area (TPSA) is 68.2 Å². The second-order valence-electron chi connectivity index (χ2n) is 9.11. The number of carbonyl (C=O) groups is 2. The van der Waals surface area contributed by atoms with Crippen LogP contribution in [0, 0.1) is 11.3 Å². The maximum absolute atomic E-state index is 13.0. The van der Waals surface area contributed by atoms with Gasteiger partial charge in [0.05, 0.1) is 30.9 Å². The third kappa shape index (κ3) is 7.31. The zero-order chi connectivity index (χ0) is 23.0. The van der Waals surface area contributed by atoms with Crippen molar-refractivity contribution in [2.24, 2.45) is 16.3 Å². The maximum Gasteiger partial charge on any atom is 0.335 e. The van der Waals surface area contributed by atoms with Crippen molar-refractivity contribution in [1.29, 1.82) is 0 Å². The number of allylic oxidation sites excluding steroid dienone is 1. The van der Waals surface area contributed by atoms with Crippen LogP contribution in [0.2, 0.25) is 0 Å². The summed E-state index contributed by atoms with van der Waals surface area (Å²) in [5, 5.41) is 0. The quantitative estimate of drug-likeness (QED) is 0.517. The molecule has 170 valence electrons. The molecule has 1 aromatic rings. The first kappa shape index (κ1) is 24.8. The van der Waals surface area contributed by atoms with E-state index in [1.165, 1.54) is 12.7 Å². The molecule has 0 bridgehead atoms. The Bertz CT molecular complexity index is 827. The molecule has 31 heavy (non-hydrogen) atoms. The van der Waals surface area contributed by atoms with Gasteiger partial charge in [-0.15, -0.1) is 0 Å². The second kappa shape index (κ2) is 11.2. The van der Waals surface area contributed by atoms with E-state index in [9.17, 15) is 9.59 Å². The molecule has 6 nitrogen and oxygen atoms in total. The summed E-state index contributed by atoms with van der Waals surface area (Å²) in [5.41, 5.74) is 2.94. The van der Waals surface area contributed by atoms with Crippen LogP contribution in [0.25, 0.3) is 0 Å². The highest BCUT2D eigenvalue weighted by Crippen LogP contribution is 2.29. The first-order valence-electron chi connectivity index (χ1n) is 10.9. The highest BCUT2D eigenvalue weighted by molar-refractivity contribution is 6.05. The summed E-state index contributed by atoms with van der Waals surface area (Å²) in [5.74, 6) is -1.28. The van der Waals surface area contributed by atoms with E-state index in [1.807, 2.05) is 32.0 Å². The molecule has 6 heteroatoms. The minimum atomic E-state index is -0.529. The standard InChI is InChI=1S/C25H36N2O4/c1-7-11-22-21(14-20(18(2)26-22)23(28)30-6)24(29)31-17-25(3,4)16-27(5)15-19-12-9-8-10-13-19/h8-10,12-13,20H,7,11,14-17H2,1-6H3. The van der Waals surface area contributed by atoms with Crippen LogP contribution in [0.3, 0.4) is 0 Å². The molecule has 0 spiro atoms. The smallest absolute Gasteiger partial charge is 0.335 e. The molecule has 0 saturated heterocycles. The van der Waals surface area contributed by atoms with E-state index < -0.39 is 5.92 Å². The molecule has 0 fully saturated rings. The van der Waals surface area contributed by atoms with Crippen LogP contribution in [0.15, 0.2) is 46.6 Å². The van der Waals surface area contributed by atoms with Crippen LogP contribution in [-0.4, -0.2) is 49.9 Å². The lowest BCUT2D eigenvalue weighted by molar-refractivity contribution is -0.144. The van der Waals surface area contributed by atoms with Crippen LogP contribution in [0.4, 0.5) is 0 Å². The van der Waals surface area contributed by atoms with Gasteiger partial charge in [0.1, 0.15) is 0 Å². The number of aliphatic imine (C=N–C) groups is 1. The molecule has 2 rings (SSSR count). The van der Waals surface area contributed by atoms with Gasteiger partial charge in [0.2, 0.25) is 0 Å². The Hall–Kier alpha value is -2.47. The monoisotopic (exact) mass is 428 g/mol. The van der Waals surface area contributed by atoms with Gasteiger partial charge >= 0.3 is 11.9 Å². The van der Waals surface area contributed by atoms with Gasteiger partial charge in [-0.3, -0.25) is 9.79 Å². The number of ether oxygens (including phenoxy) is 2. The zero-order valence-electron chi connectivity index (χ0n) is 19.7. The van der Waals surface area contributed by atoms with Crippen LogP contribution in [-0.2, 0) is 25.6 Å². The summed E-state index contributed by atoms with van der Waals surface area (Å²) in [6, 6.07) is 10.3. The van der Waals surface area contributed by atoms with Crippen molar-refractivity contribution >= 4 is 17.7 Å². The first-order chi connectivity index (χ1) is 14.7. The number of nitrogens with zero attached hydrogens (tertiary/aromatic N) is 2. The Morgan fingerprint density at radius 1 is 1.23 bits per heavy atom. The second-order valence-corrected chi connectivity index (χ2v) is 9.11. The Morgan fingerprint density at radius 2 is 1.90 bits per heavy atom. The van der Waals surface area contributed by atoms with Crippen molar-refractivity contribution < 1.29 is 19.1 Å². The van der Waals surface area contributed by atoms with Crippen molar-refractivity contribution in [2.75, 3.05) is 27.3 Å². The first-order valence-corrected chi connectivity index (χ1v) is 10.9. The number of methoxy groups -OCH3 is 1. The zero-order valence-corrected chi connectivity index (χ0v) is 19.7. The Labute approximate surface area is 186 Å². The lowest BCUT2D eigenvalue weighted by Crippen LogP contribution is -2.36. The number of rotatable bonds is 10. The molecule has 0 amide bonds. The van der Waals surface area contributed by atoms with Gasteiger partial charge in [-0.05, 0) is 32.4 Å². The average Bonchev–Trinajstić information content (AvgIpc) is 2.72. The molecule has 1 aliphatic rings. The molecule has 0 saturated carbocycles. The molecule has 1 atom stereocenters. The van der Waals surface area contributed by atoms with E-state index in [-0.39, 0.29) is 23.8 Å². The van der Waals surface area contributed by atoms with Gasteiger partial charge in [-0.1, -0.05) is 57.5 Å². The van der Waals surface area contributed by atoms with Gasteiger partial charge in [0, 0.05) is 24.2 Å². The Kier molecular flexibility index (Phi) is 8.99. The van der Waals surface area contributed by atoms with Gasteiger partial charge in [-0.25, -0.2) is 4.79 Å². The Morgan fingerprint density at radius 3 is 2.52 bits per heavy atom. The predicted octanol–water partition coefficient (Wildman–Crippen LogP) is 4.40. The third-order valence-corrected chi connectivity index (χ3v) is 5.38. The maximum atomic E-state index is 13.0. The minimum Gasteiger partial charge on any atom is -0.469 e. The summed E-state index contributed by atoms with van der Waals surface area (Å²) in [6.07, 6.45) is 1.82. The summed E-state index contributed by atoms with van der Waals surface area (Å²) < 4.78 is 10.6. The molecule has 0 N–H and O–H groups in total. The molecular formula is C25H36N2O4. The van der Waals surface area contributed by atoms with Crippen molar-refractivity contribution in [1.82, 2.24) is 4.90 Å². The predicted molar refractivity (Wildman–Crippen MR) is 123 cm³/mol. The molecule has 1 aliphatic heterocycles. The van der Waals surface area contributed by atoms with E-state index in [1.54, 1.807) is 0 Å². The third-order valence-electron chi connectivity index (χ3n) is 5.38. The van der Waals surface area contributed by atoms with Crippen molar-refractivity contribution in [2.45, 2.75) is 53.5 Å². The number of hydrogen-bond donors (Lipinski definition) is 0. The highest BCUT2D eigenvalue weighted by atomic mass is 16.5. The van der Waals surface area contributed by atoms with Crippen LogP contribution in [0.1, 0.15) is 52.5 Å². The summed E-state index contributed by atoms with van der Waals surface area (Å²) in [4.78, 5) is 31.8. The fraction of sp³-hybridized carbons (Fsp3) is 0.560. The van der Waals surface area contributed by atoms with E-state index in [2.05, 4.69) is 42.9 Å². The number of esters is 2. The molecule has 1 heterocycles. The molecule has 1 aromatic carbocycles.